The lowest BCUT2D eigenvalue weighted by molar-refractivity contribution is 0.215. The molecule has 0 unspecified atom stereocenters. The molecule has 0 spiro atoms. The minimum absolute atomic E-state index is 0.189. The molecule has 0 atom stereocenters. The first-order valence-corrected chi connectivity index (χ1v) is 10.6. The summed E-state index contributed by atoms with van der Waals surface area (Å²) in [6.45, 7) is 3.36. The third-order valence-electron chi connectivity index (χ3n) is 4.24. The summed E-state index contributed by atoms with van der Waals surface area (Å²) in [5, 5.41) is 4.31. The second kappa shape index (κ2) is 8.20. The third kappa shape index (κ3) is 4.44. The lowest BCUT2D eigenvalue weighted by Gasteiger charge is -2.34. The van der Waals surface area contributed by atoms with Gasteiger partial charge in [0.2, 0.25) is 0 Å². The lowest BCUT2D eigenvalue weighted by Crippen LogP contribution is -2.48. The number of likely N-dealkylation sites (N-methyl/N-ethyl adjacent to an activating group) is 1. The number of benzene rings is 2. The third-order valence-corrected chi connectivity index (χ3v) is 6.16. The van der Waals surface area contributed by atoms with Crippen LogP contribution in [0.3, 0.4) is 0 Å². The summed E-state index contributed by atoms with van der Waals surface area (Å²) in [5.41, 5.74) is 0.854. The average molecular weight is 437 g/mol. The maximum Gasteiger partial charge on any atom is 0.276 e. The molecule has 1 aliphatic rings. The minimum Gasteiger partial charge on any atom is -0.352 e. The molecule has 0 aliphatic carbocycles. The number of amidine groups is 1. The molecule has 3 rings (SSSR count). The number of sulfonamides is 1. The smallest absolute Gasteiger partial charge is 0.276 e. The van der Waals surface area contributed by atoms with Crippen LogP contribution in [-0.4, -0.2) is 57.3 Å². The Morgan fingerprint density at radius 2 is 1.62 bits per heavy atom. The lowest BCUT2D eigenvalue weighted by atomic mass is 10.1. The van der Waals surface area contributed by atoms with Crippen molar-refractivity contribution in [2.75, 3.05) is 33.2 Å². The van der Waals surface area contributed by atoms with Gasteiger partial charge in [0.1, 0.15) is 0 Å². The highest BCUT2D eigenvalue weighted by atomic mass is 79.9. The van der Waals surface area contributed by atoms with E-state index in [4.69, 9.17) is 0 Å². The number of nitrogens with one attached hydrogen (secondary N) is 1. The Labute approximate surface area is 162 Å². The highest BCUT2D eigenvalue weighted by Crippen LogP contribution is 2.19. The van der Waals surface area contributed by atoms with Crippen LogP contribution in [0.15, 0.2) is 69.1 Å². The van der Waals surface area contributed by atoms with Crippen molar-refractivity contribution < 1.29 is 8.42 Å². The van der Waals surface area contributed by atoms with E-state index in [2.05, 4.69) is 42.7 Å². The SMILES string of the molecule is CN1CCN(/C(=N\NS(=O)(=O)c2ccccc2)c2ccccc2Br)CC1. The van der Waals surface area contributed by atoms with Gasteiger partial charge in [-0.25, -0.2) is 0 Å². The molecule has 0 aromatic heterocycles. The molecule has 1 saturated heterocycles. The Bertz CT molecular complexity index is 879. The zero-order valence-electron chi connectivity index (χ0n) is 14.5. The van der Waals surface area contributed by atoms with E-state index >= 15 is 0 Å². The molecular formula is C18H21BrN4O2S. The van der Waals surface area contributed by atoms with E-state index in [0.717, 1.165) is 36.2 Å². The van der Waals surface area contributed by atoms with E-state index in [9.17, 15) is 8.42 Å². The average Bonchev–Trinajstić information content (AvgIpc) is 2.65. The molecule has 0 radical (unpaired) electrons. The molecule has 26 heavy (non-hydrogen) atoms. The van der Waals surface area contributed by atoms with Crippen molar-refractivity contribution in [1.82, 2.24) is 14.6 Å². The summed E-state index contributed by atoms with van der Waals surface area (Å²) in [5.74, 6) is 0.616. The number of hydrogen-bond acceptors (Lipinski definition) is 4. The van der Waals surface area contributed by atoms with Crippen LogP contribution in [0.25, 0.3) is 0 Å². The molecule has 6 nitrogen and oxygen atoms in total. The van der Waals surface area contributed by atoms with Gasteiger partial charge < -0.3 is 9.80 Å². The normalized spacial score (nSPS) is 16.5. The molecule has 1 aliphatic heterocycles. The zero-order chi connectivity index (χ0) is 18.6. The Hall–Kier alpha value is -1.90. The molecule has 0 saturated carbocycles. The number of nitrogens with zero attached hydrogens (tertiary/aromatic N) is 3. The molecule has 0 amide bonds. The quantitative estimate of drug-likeness (QED) is 0.453. The summed E-state index contributed by atoms with van der Waals surface area (Å²) < 4.78 is 25.9. The van der Waals surface area contributed by atoms with Gasteiger partial charge in [0, 0.05) is 36.2 Å². The fraction of sp³-hybridized carbons (Fsp3) is 0.278. The topological polar surface area (TPSA) is 65.0 Å². The molecule has 1 heterocycles. The van der Waals surface area contributed by atoms with E-state index in [1.165, 1.54) is 0 Å². The highest BCUT2D eigenvalue weighted by Gasteiger charge is 2.22. The van der Waals surface area contributed by atoms with Gasteiger partial charge in [0.25, 0.3) is 10.0 Å². The first kappa shape index (κ1) is 18.9. The van der Waals surface area contributed by atoms with E-state index in [-0.39, 0.29) is 4.90 Å². The molecular weight excluding hydrogens is 416 g/mol. The Morgan fingerprint density at radius 3 is 2.27 bits per heavy atom. The molecule has 1 fully saturated rings. The predicted octanol–water partition coefficient (Wildman–Crippen LogP) is 2.34. The minimum atomic E-state index is -3.72. The maximum absolute atomic E-state index is 12.5. The molecule has 2 aromatic rings. The van der Waals surface area contributed by atoms with Crippen LogP contribution in [0, 0.1) is 0 Å². The van der Waals surface area contributed by atoms with Crippen LogP contribution in [0.2, 0.25) is 0 Å². The summed E-state index contributed by atoms with van der Waals surface area (Å²) in [6.07, 6.45) is 0. The van der Waals surface area contributed by atoms with Crippen LogP contribution in [0.5, 0.6) is 0 Å². The number of piperazine rings is 1. The van der Waals surface area contributed by atoms with Crippen LogP contribution in [-0.2, 0) is 10.0 Å². The first-order chi connectivity index (χ1) is 12.5. The second-order valence-corrected chi connectivity index (χ2v) is 8.63. The van der Waals surface area contributed by atoms with Gasteiger partial charge in [-0.15, -0.1) is 5.10 Å². The fourth-order valence-electron chi connectivity index (χ4n) is 2.72. The summed E-state index contributed by atoms with van der Waals surface area (Å²) in [4.78, 5) is 6.93. The second-order valence-electron chi connectivity index (χ2n) is 6.11. The van der Waals surface area contributed by atoms with Crippen LogP contribution in [0.1, 0.15) is 5.56 Å². The highest BCUT2D eigenvalue weighted by molar-refractivity contribution is 9.10. The van der Waals surface area contributed by atoms with E-state index in [0.29, 0.717) is 5.84 Å². The van der Waals surface area contributed by atoms with Crippen molar-refractivity contribution in [2.45, 2.75) is 4.90 Å². The Morgan fingerprint density at radius 1 is 1.00 bits per heavy atom. The van der Waals surface area contributed by atoms with Crippen molar-refractivity contribution in [1.29, 1.82) is 0 Å². The van der Waals surface area contributed by atoms with Crippen LogP contribution in [0.4, 0.5) is 0 Å². The van der Waals surface area contributed by atoms with Crippen molar-refractivity contribution in [3.8, 4) is 0 Å². The number of hydrogen-bond donors (Lipinski definition) is 1. The summed E-state index contributed by atoms with van der Waals surface area (Å²) in [7, 11) is -1.64. The van der Waals surface area contributed by atoms with Gasteiger partial charge in [0.15, 0.2) is 5.84 Å². The number of hydrazone groups is 1. The number of halogens is 1. The van der Waals surface area contributed by atoms with Crippen molar-refractivity contribution in [3.05, 3.63) is 64.6 Å². The van der Waals surface area contributed by atoms with Gasteiger partial charge in [-0.1, -0.05) is 52.3 Å². The van der Waals surface area contributed by atoms with Crippen molar-refractivity contribution in [2.24, 2.45) is 5.10 Å². The van der Waals surface area contributed by atoms with E-state index < -0.39 is 10.0 Å². The van der Waals surface area contributed by atoms with Crippen molar-refractivity contribution >= 4 is 31.8 Å². The number of rotatable bonds is 4. The summed E-state index contributed by atoms with van der Waals surface area (Å²) >= 11 is 3.55. The predicted molar refractivity (Wildman–Crippen MR) is 107 cm³/mol. The van der Waals surface area contributed by atoms with Gasteiger partial charge in [-0.3, -0.25) is 0 Å². The maximum atomic E-state index is 12.5. The molecule has 2 aromatic carbocycles. The van der Waals surface area contributed by atoms with E-state index in [1.54, 1.807) is 30.3 Å². The van der Waals surface area contributed by atoms with E-state index in [1.807, 2.05) is 24.3 Å². The van der Waals surface area contributed by atoms with Gasteiger partial charge in [-0.05, 0) is 25.2 Å². The monoisotopic (exact) mass is 436 g/mol. The first-order valence-electron chi connectivity index (χ1n) is 8.30. The zero-order valence-corrected chi connectivity index (χ0v) is 16.9. The Balaban J connectivity index is 1.93. The standard InChI is InChI=1S/C18H21BrN4O2S/c1-22-11-13-23(14-12-22)18(16-9-5-6-10-17(16)19)20-21-26(24,25)15-7-3-2-4-8-15/h2-10,21H,11-14H2,1H3/b20-18-. The van der Waals surface area contributed by atoms with Crippen LogP contribution >= 0.6 is 15.9 Å². The van der Waals surface area contributed by atoms with Crippen LogP contribution < -0.4 is 4.83 Å². The molecule has 138 valence electrons. The Kier molecular flexibility index (Phi) is 5.95. The van der Waals surface area contributed by atoms with Gasteiger partial charge >= 0.3 is 0 Å². The van der Waals surface area contributed by atoms with Gasteiger partial charge in [0.05, 0.1) is 4.90 Å². The fourth-order valence-corrected chi connectivity index (χ4v) is 4.01. The van der Waals surface area contributed by atoms with Gasteiger partial charge in [-0.2, -0.15) is 13.2 Å². The molecule has 8 heteroatoms. The summed E-state index contributed by atoms with van der Waals surface area (Å²) in [6, 6.07) is 15.9. The molecule has 1 N–H and O–H groups in total. The van der Waals surface area contributed by atoms with Crippen molar-refractivity contribution in [3.63, 3.8) is 0 Å². The largest absolute Gasteiger partial charge is 0.352 e. The molecule has 0 bridgehead atoms.